The molecular weight excluding hydrogens is 904 g/mol. The van der Waals surface area contributed by atoms with Crippen molar-refractivity contribution in [1.29, 1.82) is 0 Å². The third-order valence-electron chi connectivity index (χ3n) is 10.9. The van der Waals surface area contributed by atoms with Gasteiger partial charge in [-0.25, -0.2) is 4.57 Å². The third-order valence-corrected chi connectivity index (χ3v) is 11.9. The highest BCUT2D eigenvalue weighted by Crippen LogP contribution is 2.47. The molecule has 1 aliphatic carbocycles. The predicted molar refractivity (Wildman–Crippen MR) is 273 cm³/mol. The Morgan fingerprint density at radius 3 is 1.59 bits per heavy atom. The topological polar surface area (TPSA) is 230 Å². The summed E-state index contributed by atoms with van der Waals surface area (Å²) in [7, 11) is -5.16. The number of phosphoric ester groups is 1. The van der Waals surface area contributed by atoms with Gasteiger partial charge in [-0.2, -0.15) is 0 Å². The number of unbranched alkanes of at least 4 members (excludes halogenated alkanes) is 10. The van der Waals surface area contributed by atoms with Gasteiger partial charge in [0.2, 0.25) is 0 Å². The van der Waals surface area contributed by atoms with Crippen molar-refractivity contribution in [1.82, 2.24) is 0 Å². The third kappa shape index (κ3) is 34.4. The summed E-state index contributed by atoms with van der Waals surface area (Å²) in [6, 6.07) is 0. The van der Waals surface area contributed by atoms with E-state index in [2.05, 4.69) is 62.5 Å². The Labute approximate surface area is 413 Å². The second-order valence-electron chi connectivity index (χ2n) is 17.1. The van der Waals surface area contributed by atoms with Gasteiger partial charge in [-0.15, -0.1) is 0 Å². The van der Waals surface area contributed by atoms with Crippen LogP contribution < -0.4 is 0 Å². The number of esters is 2. The van der Waals surface area contributed by atoms with E-state index in [4.69, 9.17) is 18.5 Å². The molecule has 0 aromatic heterocycles. The van der Waals surface area contributed by atoms with E-state index in [1.807, 2.05) is 54.7 Å². The van der Waals surface area contributed by atoms with Crippen LogP contribution in [0.4, 0.5) is 0 Å². The summed E-state index contributed by atoms with van der Waals surface area (Å²) in [5, 5.41) is 60.1. The van der Waals surface area contributed by atoms with Crippen LogP contribution in [0, 0.1) is 0 Å². The first kappa shape index (κ1) is 63.5. The second kappa shape index (κ2) is 42.2. The number of rotatable bonds is 40. The quantitative estimate of drug-likeness (QED) is 0.00997. The lowest BCUT2D eigenvalue weighted by molar-refractivity contribution is -0.220. The van der Waals surface area contributed by atoms with Gasteiger partial charge >= 0.3 is 19.8 Å². The van der Waals surface area contributed by atoms with Gasteiger partial charge in [-0.05, 0) is 83.5 Å². The highest BCUT2D eigenvalue weighted by molar-refractivity contribution is 7.47. The SMILES string of the molecule is CC/C=C\CC(O)/C=C/C=C/C/C=C\C/C=C\C/C=C\CCC(=O)O[C@H](COC(=O)CCCCCCCC/C=C\C/C=C\C/C=C\CCCCCC)COP(=O)(O)OC1[C@H](O)[C@H](O)C(O)[C@H](O)[C@H]1O. The van der Waals surface area contributed by atoms with Crippen LogP contribution in [0.3, 0.4) is 0 Å². The normalized spacial score (nSPS) is 22.3. The van der Waals surface area contributed by atoms with E-state index in [1.54, 1.807) is 6.08 Å². The lowest BCUT2D eigenvalue weighted by Crippen LogP contribution is -2.64. The van der Waals surface area contributed by atoms with Crippen LogP contribution >= 0.6 is 7.82 Å². The molecule has 0 aromatic carbocycles. The zero-order chi connectivity index (χ0) is 50.8. The smallest absolute Gasteiger partial charge is 0.462 e. The molecule has 14 nitrogen and oxygen atoms in total. The summed E-state index contributed by atoms with van der Waals surface area (Å²) in [4.78, 5) is 35.8. The largest absolute Gasteiger partial charge is 0.472 e. The Bertz CT molecular complexity index is 1630. The molecule has 1 fully saturated rings. The van der Waals surface area contributed by atoms with Crippen molar-refractivity contribution in [2.24, 2.45) is 0 Å². The number of carbonyl (C=O) groups excluding carboxylic acids is 2. The van der Waals surface area contributed by atoms with E-state index >= 15 is 0 Å². The van der Waals surface area contributed by atoms with Crippen molar-refractivity contribution in [2.45, 2.75) is 204 Å². The predicted octanol–water partition coefficient (Wildman–Crippen LogP) is 9.75. The Morgan fingerprint density at radius 1 is 0.536 bits per heavy atom. The molecule has 1 saturated carbocycles. The minimum absolute atomic E-state index is 0.0537. The molecule has 7 N–H and O–H groups in total. The van der Waals surface area contributed by atoms with E-state index < -0.39 is 81.8 Å². The molecule has 1 rings (SSSR count). The van der Waals surface area contributed by atoms with Gasteiger partial charge in [0.15, 0.2) is 6.10 Å². The highest BCUT2D eigenvalue weighted by Gasteiger charge is 2.51. The fourth-order valence-electron chi connectivity index (χ4n) is 6.87. The first-order chi connectivity index (χ1) is 33.3. The molecule has 392 valence electrons. The standard InChI is InChI=1S/C54H87O14P/c1-3-5-7-8-9-10-11-12-13-14-15-16-17-18-21-24-27-30-33-37-41-47(56)65-43-46(44-66-69(63,64)68-54-52(61)50(59)49(58)51(60)53(54)62)67-48(57)42-38-34-31-28-25-22-19-20-23-26-29-32-36-40-45(55)39-35-6-4-2/h6,10-11,13-14,16-17,20,22-23,25,29,31-32,34-36,40,45-46,49-55,58-62H,3-5,7-9,12,15,18-19,21,24,26-28,30,33,37-39,41-44H2,1-2H3,(H,63,64)/b11-10-,14-13-,17-16-,23-20-,25-22-,32-29+,34-31-,35-6-,40-36+/t45?,46-,49?,50-,51+,52-,53-,54?/m1/s1. The molecule has 0 radical (unpaired) electrons. The monoisotopic (exact) mass is 991 g/mol. The van der Waals surface area contributed by atoms with Crippen molar-refractivity contribution in [3.8, 4) is 0 Å². The Hall–Kier alpha value is -3.53. The molecule has 0 saturated heterocycles. The fraction of sp³-hybridized carbons (Fsp3) is 0.630. The maximum Gasteiger partial charge on any atom is 0.472 e. The molecule has 1 aliphatic rings. The van der Waals surface area contributed by atoms with E-state index in [9.17, 15) is 49.7 Å². The molecule has 69 heavy (non-hydrogen) atoms. The highest BCUT2D eigenvalue weighted by atomic mass is 31.2. The molecule has 15 heteroatoms. The number of aliphatic hydroxyl groups is 6. The van der Waals surface area contributed by atoms with E-state index in [-0.39, 0.29) is 12.8 Å². The van der Waals surface area contributed by atoms with Gasteiger partial charge in [-0.1, -0.05) is 168 Å². The number of phosphoric acid groups is 1. The summed E-state index contributed by atoms with van der Waals surface area (Å²) in [6.07, 6.45) is 41.8. The van der Waals surface area contributed by atoms with Gasteiger partial charge in [0, 0.05) is 12.8 Å². The first-order valence-electron chi connectivity index (χ1n) is 25.3. The minimum atomic E-state index is -5.16. The molecule has 4 unspecified atom stereocenters. The molecule has 0 bridgehead atoms. The molecular formula is C54H87O14P. The van der Waals surface area contributed by atoms with E-state index in [0.717, 1.165) is 70.6 Å². The number of hydrogen-bond acceptors (Lipinski definition) is 13. The van der Waals surface area contributed by atoms with Crippen LogP contribution in [0.25, 0.3) is 0 Å². The number of hydrogen-bond donors (Lipinski definition) is 7. The maximum atomic E-state index is 12.8. The average Bonchev–Trinajstić information content (AvgIpc) is 3.33. The summed E-state index contributed by atoms with van der Waals surface area (Å²) in [6.45, 7) is 3.00. The number of aliphatic hydroxyl groups excluding tert-OH is 6. The summed E-state index contributed by atoms with van der Waals surface area (Å²) >= 11 is 0. The van der Waals surface area contributed by atoms with E-state index in [1.165, 1.54) is 32.1 Å². The number of allylic oxidation sites excluding steroid dienone is 16. The van der Waals surface area contributed by atoms with E-state index in [0.29, 0.717) is 25.7 Å². The lowest BCUT2D eigenvalue weighted by atomic mass is 9.85. The van der Waals surface area contributed by atoms with Crippen molar-refractivity contribution in [3.63, 3.8) is 0 Å². The second-order valence-corrected chi connectivity index (χ2v) is 18.5. The molecule has 0 amide bonds. The fourth-order valence-corrected chi connectivity index (χ4v) is 7.85. The summed E-state index contributed by atoms with van der Waals surface area (Å²) in [5.74, 6) is -1.24. The first-order valence-corrected chi connectivity index (χ1v) is 26.8. The Morgan fingerprint density at radius 2 is 1.03 bits per heavy atom. The molecule has 0 aromatic rings. The van der Waals surface area contributed by atoms with Crippen molar-refractivity contribution < 1.29 is 68.2 Å². The molecule has 0 spiro atoms. The lowest BCUT2D eigenvalue weighted by Gasteiger charge is -2.41. The van der Waals surface area contributed by atoms with Gasteiger partial charge < -0.3 is 45.0 Å². The van der Waals surface area contributed by atoms with Crippen molar-refractivity contribution >= 4 is 19.8 Å². The van der Waals surface area contributed by atoms with Crippen LogP contribution in [0.1, 0.15) is 155 Å². The Kier molecular flexibility index (Phi) is 38.8. The number of ether oxygens (including phenoxy) is 2. The van der Waals surface area contributed by atoms with Gasteiger partial charge in [-0.3, -0.25) is 18.6 Å². The van der Waals surface area contributed by atoms with Gasteiger partial charge in [0.1, 0.15) is 43.2 Å². The van der Waals surface area contributed by atoms with Gasteiger partial charge in [0.05, 0.1) is 12.7 Å². The van der Waals surface area contributed by atoms with Crippen LogP contribution in [-0.4, -0.2) is 110 Å². The van der Waals surface area contributed by atoms with Crippen LogP contribution in [-0.2, 0) is 32.7 Å². The average molecular weight is 991 g/mol. The zero-order valence-electron chi connectivity index (χ0n) is 41.4. The van der Waals surface area contributed by atoms with Crippen LogP contribution in [0.2, 0.25) is 0 Å². The molecule has 0 aliphatic heterocycles. The number of carbonyl (C=O) groups is 2. The Balaban J connectivity index is 2.50. The van der Waals surface area contributed by atoms with Crippen molar-refractivity contribution in [3.05, 3.63) is 109 Å². The van der Waals surface area contributed by atoms with Crippen LogP contribution in [0.5, 0.6) is 0 Å². The molecule has 0 heterocycles. The zero-order valence-corrected chi connectivity index (χ0v) is 42.3. The van der Waals surface area contributed by atoms with Crippen LogP contribution in [0.15, 0.2) is 109 Å². The summed E-state index contributed by atoms with van der Waals surface area (Å²) < 4.78 is 33.5. The van der Waals surface area contributed by atoms with Crippen molar-refractivity contribution in [2.75, 3.05) is 13.2 Å². The minimum Gasteiger partial charge on any atom is -0.462 e. The molecule has 9 atom stereocenters. The maximum absolute atomic E-state index is 12.8. The van der Waals surface area contributed by atoms with Gasteiger partial charge in [0.25, 0.3) is 0 Å². The summed E-state index contributed by atoms with van der Waals surface area (Å²) in [5.41, 5.74) is 0.